The molecule has 1 aliphatic rings. The summed E-state index contributed by atoms with van der Waals surface area (Å²) in [6.45, 7) is 2.02. The van der Waals surface area contributed by atoms with E-state index in [9.17, 15) is 14.3 Å². The van der Waals surface area contributed by atoms with Gasteiger partial charge < -0.3 is 15.7 Å². The topological polar surface area (TPSA) is 61.4 Å². The molecule has 1 saturated carbocycles. The molecule has 6 heteroatoms. The van der Waals surface area contributed by atoms with E-state index in [2.05, 4.69) is 26.6 Å². The van der Waals surface area contributed by atoms with Crippen LogP contribution in [0.4, 0.5) is 14.9 Å². The first kappa shape index (κ1) is 15.3. The van der Waals surface area contributed by atoms with Crippen molar-refractivity contribution in [3.8, 4) is 0 Å². The molecule has 1 aromatic carbocycles. The van der Waals surface area contributed by atoms with E-state index in [1.54, 1.807) is 0 Å². The monoisotopic (exact) mass is 344 g/mol. The lowest BCUT2D eigenvalue weighted by atomic mass is 9.86. The molecule has 1 aliphatic carbocycles. The lowest BCUT2D eigenvalue weighted by Gasteiger charge is -2.30. The van der Waals surface area contributed by atoms with Crippen LogP contribution in [0.1, 0.15) is 26.2 Å². The Morgan fingerprint density at radius 1 is 1.60 bits per heavy atom. The highest BCUT2D eigenvalue weighted by Gasteiger charge is 2.39. The summed E-state index contributed by atoms with van der Waals surface area (Å²) in [5.74, 6) is -0.369. The van der Waals surface area contributed by atoms with Gasteiger partial charge in [0.25, 0.3) is 0 Å². The van der Waals surface area contributed by atoms with Crippen LogP contribution in [0.5, 0.6) is 0 Å². The molecule has 0 aromatic heterocycles. The standard InChI is InChI=1S/C14H18BrFN2O2/c1-14(8-19)6-2-3-12(14)18-13(20)17-11-5-4-9(16)7-10(11)15/h4-5,7,12,19H,2-3,6,8H2,1H3,(H2,17,18,20). The quantitative estimate of drug-likeness (QED) is 0.788. The minimum absolute atomic E-state index is 0.0493. The van der Waals surface area contributed by atoms with Crippen LogP contribution in [0.2, 0.25) is 0 Å². The van der Waals surface area contributed by atoms with Gasteiger partial charge in [0.1, 0.15) is 5.82 Å². The van der Waals surface area contributed by atoms with Gasteiger partial charge in [0.05, 0.1) is 12.3 Å². The van der Waals surface area contributed by atoms with E-state index in [0.717, 1.165) is 19.3 Å². The number of aliphatic hydroxyl groups excluding tert-OH is 1. The van der Waals surface area contributed by atoms with Crippen LogP contribution in [0, 0.1) is 11.2 Å². The first-order valence-corrected chi connectivity index (χ1v) is 7.37. The van der Waals surface area contributed by atoms with Crippen molar-refractivity contribution in [3.05, 3.63) is 28.5 Å². The SMILES string of the molecule is CC1(CO)CCCC1NC(=O)Nc1ccc(F)cc1Br. The van der Waals surface area contributed by atoms with Gasteiger partial charge in [-0.1, -0.05) is 13.3 Å². The fourth-order valence-electron chi connectivity index (χ4n) is 2.58. The number of hydrogen-bond acceptors (Lipinski definition) is 2. The fraction of sp³-hybridized carbons (Fsp3) is 0.500. The molecule has 0 radical (unpaired) electrons. The molecule has 2 rings (SSSR count). The molecule has 3 N–H and O–H groups in total. The van der Waals surface area contributed by atoms with E-state index in [0.29, 0.717) is 10.2 Å². The Bertz CT molecular complexity index is 512. The Hall–Kier alpha value is -1.14. The van der Waals surface area contributed by atoms with Crippen molar-refractivity contribution in [1.29, 1.82) is 0 Å². The molecule has 1 fully saturated rings. The van der Waals surface area contributed by atoms with Gasteiger partial charge in [-0.2, -0.15) is 0 Å². The summed E-state index contributed by atoms with van der Waals surface area (Å²) in [5.41, 5.74) is 0.241. The van der Waals surface area contributed by atoms with Crippen molar-refractivity contribution in [2.24, 2.45) is 5.41 Å². The zero-order chi connectivity index (χ0) is 14.8. The summed E-state index contributed by atoms with van der Waals surface area (Å²) >= 11 is 3.20. The number of amides is 2. The van der Waals surface area contributed by atoms with Gasteiger partial charge >= 0.3 is 6.03 Å². The van der Waals surface area contributed by atoms with E-state index in [4.69, 9.17) is 0 Å². The van der Waals surface area contributed by atoms with Gasteiger partial charge in [-0.25, -0.2) is 9.18 Å². The zero-order valence-corrected chi connectivity index (χ0v) is 12.8. The van der Waals surface area contributed by atoms with E-state index in [1.807, 2.05) is 6.92 Å². The highest BCUT2D eigenvalue weighted by atomic mass is 79.9. The third-order valence-corrected chi connectivity index (χ3v) is 4.58. The molecule has 2 atom stereocenters. The van der Waals surface area contributed by atoms with Crippen LogP contribution in [0.15, 0.2) is 22.7 Å². The highest BCUT2D eigenvalue weighted by molar-refractivity contribution is 9.10. The molecule has 0 spiro atoms. The Balaban J connectivity index is 1.99. The number of carbonyl (C=O) groups is 1. The van der Waals surface area contributed by atoms with Gasteiger partial charge in [-0.15, -0.1) is 0 Å². The predicted octanol–water partition coefficient (Wildman–Crippen LogP) is 3.26. The number of urea groups is 1. The van der Waals surface area contributed by atoms with Crippen LogP contribution in [-0.2, 0) is 0 Å². The smallest absolute Gasteiger partial charge is 0.319 e. The van der Waals surface area contributed by atoms with Crippen LogP contribution >= 0.6 is 15.9 Å². The third kappa shape index (κ3) is 3.30. The minimum Gasteiger partial charge on any atom is -0.396 e. The average molecular weight is 345 g/mol. The number of benzene rings is 1. The second kappa shape index (κ2) is 6.10. The highest BCUT2D eigenvalue weighted by Crippen LogP contribution is 2.37. The Morgan fingerprint density at radius 2 is 2.35 bits per heavy atom. The van der Waals surface area contributed by atoms with Gasteiger partial charge in [0.2, 0.25) is 0 Å². The summed E-state index contributed by atoms with van der Waals surface area (Å²) in [4.78, 5) is 12.0. The maximum absolute atomic E-state index is 13.0. The van der Waals surface area contributed by atoms with E-state index >= 15 is 0 Å². The molecule has 20 heavy (non-hydrogen) atoms. The Labute approximate surface area is 125 Å². The largest absolute Gasteiger partial charge is 0.396 e. The average Bonchev–Trinajstić information content (AvgIpc) is 2.75. The van der Waals surface area contributed by atoms with Crippen molar-refractivity contribution in [2.45, 2.75) is 32.2 Å². The lowest BCUT2D eigenvalue weighted by Crippen LogP contribution is -2.46. The molecule has 1 aromatic rings. The first-order valence-electron chi connectivity index (χ1n) is 6.58. The molecular formula is C14H18BrFN2O2. The number of halogens is 2. The molecule has 2 amide bonds. The maximum Gasteiger partial charge on any atom is 0.319 e. The number of anilines is 1. The van der Waals surface area contributed by atoms with E-state index in [-0.39, 0.29) is 29.9 Å². The van der Waals surface area contributed by atoms with E-state index < -0.39 is 0 Å². The van der Waals surface area contributed by atoms with Crippen molar-refractivity contribution in [2.75, 3.05) is 11.9 Å². The zero-order valence-electron chi connectivity index (χ0n) is 11.2. The maximum atomic E-state index is 13.0. The lowest BCUT2D eigenvalue weighted by molar-refractivity contribution is 0.122. The predicted molar refractivity (Wildman–Crippen MR) is 79.1 cm³/mol. The van der Waals surface area contributed by atoms with Gasteiger partial charge in [-0.05, 0) is 47.0 Å². The molecular weight excluding hydrogens is 327 g/mol. The van der Waals surface area contributed by atoms with Crippen molar-refractivity contribution in [3.63, 3.8) is 0 Å². The summed E-state index contributed by atoms with van der Waals surface area (Å²) in [6, 6.07) is 3.69. The molecule has 0 heterocycles. The summed E-state index contributed by atoms with van der Waals surface area (Å²) in [5, 5.41) is 15.0. The summed E-state index contributed by atoms with van der Waals surface area (Å²) in [6.07, 6.45) is 2.74. The summed E-state index contributed by atoms with van der Waals surface area (Å²) < 4.78 is 13.5. The van der Waals surface area contributed by atoms with Crippen LogP contribution in [0.3, 0.4) is 0 Å². The Kier molecular flexibility index (Phi) is 4.65. The third-order valence-electron chi connectivity index (χ3n) is 3.93. The van der Waals surface area contributed by atoms with Gasteiger partial charge in [0.15, 0.2) is 0 Å². The molecule has 2 unspecified atom stereocenters. The minimum atomic E-state index is -0.369. The van der Waals surface area contributed by atoms with Crippen LogP contribution in [-0.4, -0.2) is 23.8 Å². The fourth-order valence-corrected chi connectivity index (χ4v) is 3.03. The molecule has 4 nitrogen and oxygen atoms in total. The summed E-state index contributed by atoms with van der Waals surface area (Å²) in [7, 11) is 0. The normalized spacial score (nSPS) is 25.5. The van der Waals surface area contributed by atoms with Crippen LogP contribution < -0.4 is 10.6 Å². The number of aliphatic hydroxyl groups is 1. The van der Waals surface area contributed by atoms with Crippen molar-refractivity contribution in [1.82, 2.24) is 5.32 Å². The Morgan fingerprint density at radius 3 is 3.00 bits per heavy atom. The van der Waals surface area contributed by atoms with Gasteiger partial charge in [0, 0.05) is 15.9 Å². The van der Waals surface area contributed by atoms with Crippen molar-refractivity contribution < 1.29 is 14.3 Å². The molecule has 110 valence electrons. The van der Waals surface area contributed by atoms with Crippen LogP contribution in [0.25, 0.3) is 0 Å². The first-order chi connectivity index (χ1) is 9.44. The second-order valence-corrected chi connectivity index (χ2v) is 6.33. The second-order valence-electron chi connectivity index (χ2n) is 5.48. The van der Waals surface area contributed by atoms with E-state index in [1.165, 1.54) is 18.2 Å². The van der Waals surface area contributed by atoms with Gasteiger partial charge in [-0.3, -0.25) is 0 Å². The number of carbonyl (C=O) groups excluding carboxylic acids is 1. The number of rotatable bonds is 3. The molecule has 0 saturated heterocycles. The number of nitrogens with one attached hydrogen (secondary N) is 2. The number of hydrogen-bond donors (Lipinski definition) is 3. The molecule has 0 aliphatic heterocycles. The van der Waals surface area contributed by atoms with Crippen molar-refractivity contribution >= 4 is 27.6 Å². The molecule has 0 bridgehead atoms.